The van der Waals surface area contributed by atoms with Crippen LogP contribution in [-0.2, 0) is 0 Å². The lowest BCUT2D eigenvalue weighted by molar-refractivity contribution is 0.0695. The van der Waals surface area contributed by atoms with Crippen LogP contribution in [0.15, 0.2) is 48.9 Å². The van der Waals surface area contributed by atoms with Crippen LogP contribution in [0, 0.1) is 0 Å². The molecule has 2 aromatic heterocycles. The Balaban J connectivity index is 2.19. The number of benzene rings is 1. The molecule has 0 atom stereocenters. The van der Waals surface area contributed by atoms with Gasteiger partial charge < -0.3 is 5.11 Å². The van der Waals surface area contributed by atoms with Gasteiger partial charge in [0.05, 0.1) is 11.8 Å². The lowest BCUT2D eigenvalue weighted by atomic mass is 10.1. The van der Waals surface area contributed by atoms with Gasteiger partial charge in [0, 0.05) is 18.0 Å². The Bertz CT molecular complexity index is 719. The summed E-state index contributed by atoms with van der Waals surface area (Å²) in [6, 6.07) is 9.73. The van der Waals surface area contributed by atoms with Crippen LogP contribution in [0.3, 0.4) is 0 Å². The van der Waals surface area contributed by atoms with Crippen LogP contribution in [0.4, 0.5) is 0 Å². The van der Waals surface area contributed by atoms with Gasteiger partial charge in [-0.2, -0.15) is 5.10 Å². The molecule has 0 radical (unpaired) electrons. The van der Waals surface area contributed by atoms with Gasteiger partial charge in [-0.1, -0.05) is 30.3 Å². The quantitative estimate of drug-likeness (QED) is 0.743. The van der Waals surface area contributed by atoms with E-state index < -0.39 is 5.97 Å². The van der Waals surface area contributed by atoms with Crippen molar-refractivity contribution in [3.05, 3.63) is 54.5 Å². The number of aromatic carboxylic acids is 1. The fraction of sp³-hybridized carbons (Fsp3) is 0. The molecule has 1 N–H and O–H groups in total. The molecule has 5 nitrogen and oxygen atoms in total. The van der Waals surface area contributed by atoms with Gasteiger partial charge in [-0.15, -0.1) is 0 Å². The molecule has 0 aliphatic heterocycles. The normalized spacial score (nSPS) is 10.7. The van der Waals surface area contributed by atoms with Crippen LogP contribution in [0.1, 0.15) is 10.4 Å². The number of carboxylic acid groups (broad SMARTS) is 1. The van der Waals surface area contributed by atoms with Crippen molar-refractivity contribution in [1.29, 1.82) is 0 Å². The lowest BCUT2D eigenvalue weighted by Crippen LogP contribution is -2.01. The van der Waals surface area contributed by atoms with Crippen LogP contribution in [-0.4, -0.2) is 25.7 Å². The van der Waals surface area contributed by atoms with Crippen molar-refractivity contribution in [3.8, 4) is 11.1 Å². The van der Waals surface area contributed by atoms with Crippen molar-refractivity contribution in [3.63, 3.8) is 0 Å². The molecule has 0 spiro atoms. The molecule has 0 aliphatic rings. The standard InChI is InChI=1S/C13H9N3O2/c17-13(18)10-6-14-12-11(7-15-16(12)8-10)9-4-2-1-3-5-9/h1-8H,(H,17,18). The third-order valence-electron chi connectivity index (χ3n) is 2.69. The molecule has 2 heterocycles. The van der Waals surface area contributed by atoms with E-state index in [2.05, 4.69) is 10.1 Å². The minimum atomic E-state index is -1.01. The molecule has 1 aromatic carbocycles. The Hall–Kier alpha value is -2.69. The van der Waals surface area contributed by atoms with E-state index in [0.29, 0.717) is 5.65 Å². The Morgan fingerprint density at radius 1 is 1.17 bits per heavy atom. The minimum Gasteiger partial charge on any atom is -0.478 e. The van der Waals surface area contributed by atoms with E-state index in [1.807, 2.05) is 30.3 Å². The van der Waals surface area contributed by atoms with E-state index in [-0.39, 0.29) is 5.56 Å². The van der Waals surface area contributed by atoms with E-state index in [0.717, 1.165) is 11.1 Å². The first kappa shape index (κ1) is 10.5. The smallest absolute Gasteiger partial charge is 0.338 e. The molecule has 0 amide bonds. The molecule has 3 aromatic rings. The maximum Gasteiger partial charge on any atom is 0.338 e. The molecule has 0 bridgehead atoms. The Morgan fingerprint density at radius 3 is 2.67 bits per heavy atom. The zero-order valence-corrected chi connectivity index (χ0v) is 9.32. The fourth-order valence-electron chi connectivity index (χ4n) is 1.81. The molecule has 0 saturated carbocycles. The van der Waals surface area contributed by atoms with E-state index in [4.69, 9.17) is 5.11 Å². The van der Waals surface area contributed by atoms with Crippen molar-refractivity contribution in [2.75, 3.05) is 0 Å². The Morgan fingerprint density at radius 2 is 1.94 bits per heavy atom. The summed E-state index contributed by atoms with van der Waals surface area (Å²) in [4.78, 5) is 15.0. The zero-order chi connectivity index (χ0) is 12.5. The number of aromatic nitrogens is 3. The SMILES string of the molecule is O=C(O)c1cnc2c(-c3ccccc3)cnn2c1. The predicted molar refractivity (Wildman–Crippen MR) is 65.4 cm³/mol. The summed E-state index contributed by atoms with van der Waals surface area (Å²) in [7, 11) is 0. The van der Waals surface area contributed by atoms with Crippen LogP contribution >= 0.6 is 0 Å². The van der Waals surface area contributed by atoms with Crippen molar-refractivity contribution in [2.24, 2.45) is 0 Å². The first-order chi connectivity index (χ1) is 8.75. The van der Waals surface area contributed by atoms with Gasteiger partial charge in [0.25, 0.3) is 0 Å². The number of hydrogen-bond donors (Lipinski definition) is 1. The molecular formula is C13H9N3O2. The maximum absolute atomic E-state index is 10.8. The molecule has 0 unspecified atom stereocenters. The topological polar surface area (TPSA) is 67.5 Å². The zero-order valence-electron chi connectivity index (χ0n) is 9.32. The van der Waals surface area contributed by atoms with Gasteiger partial charge in [-0.3, -0.25) is 0 Å². The highest BCUT2D eigenvalue weighted by atomic mass is 16.4. The van der Waals surface area contributed by atoms with E-state index in [1.165, 1.54) is 16.9 Å². The second-order valence-corrected chi connectivity index (χ2v) is 3.84. The number of hydrogen-bond acceptors (Lipinski definition) is 3. The van der Waals surface area contributed by atoms with Crippen molar-refractivity contribution >= 4 is 11.6 Å². The molecule has 0 aliphatic carbocycles. The average Bonchev–Trinajstić information content (AvgIpc) is 2.82. The monoisotopic (exact) mass is 239 g/mol. The number of carbonyl (C=O) groups is 1. The van der Waals surface area contributed by atoms with Crippen LogP contribution in [0.5, 0.6) is 0 Å². The number of fused-ring (bicyclic) bond motifs is 1. The van der Waals surface area contributed by atoms with Gasteiger partial charge in [0.15, 0.2) is 5.65 Å². The summed E-state index contributed by atoms with van der Waals surface area (Å²) < 4.78 is 1.48. The number of nitrogens with zero attached hydrogens (tertiary/aromatic N) is 3. The van der Waals surface area contributed by atoms with Crippen LogP contribution in [0.2, 0.25) is 0 Å². The fourth-order valence-corrected chi connectivity index (χ4v) is 1.81. The second kappa shape index (κ2) is 3.96. The van der Waals surface area contributed by atoms with Gasteiger partial charge in [0.1, 0.15) is 0 Å². The largest absolute Gasteiger partial charge is 0.478 e. The highest BCUT2D eigenvalue weighted by Crippen LogP contribution is 2.22. The van der Waals surface area contributed by atoms with Crippen LogP contribution < -0.4 is 0 Å². The third kappa shape index (κ3) is 1.62. The first-order valence-electron chi connectivity index (χ1n) is 5.38. The van der Waals surface area contributed by atoms with Crippen molar-refractivity contribution in [2.45, 2.75) is 0 Å². The van der Waals surface area contributed by atoms with E-state index >= 15 is 0 Å². The Kier molecular flexibility index (Phi) is 2.30. The summed E-state index contributed by atoms with van der Waals surface area (Å²) >= 11 is 0. The van der Waals surface area contributed by atoms with Gasteiger partial charge in [-0.25, -0.2) is 14.3 Å². The lowest BCUT2D eigenvalue weighted by Gasteiger charge is -1.99. The summed E-state index contributed by atoms with van der Waals surface area (Å²) in [5.74, 6) is -1.01. The summed E-state index contributed by atoms with van der Waals surface area (Å²) in [5, 5.41) is 13.0. The van der Waals surface area contributed by atoms with Crippen LogP contribution in [0.25, 0.3) is 16.8 Å². The van der Waals surface area contributed by atoms with Gasteiger partial charge >= 0.3 is 5.97 Å². The average molecular weight is 239 g/mol. The second-order valence-electron chi connectivity index (χ2n) is 3.84. The number of carboxylic acids is 1. The Labute approximate surface area is 102 Å². The molecule has 0 saturated heterocycles. The highest BCUT2D eigenvalue weighted by molar-refractivity contribution is 5.87. The summed E-state index contributed by atoms with van der Waals surface area (Å²) in [5.41, 5.74) is 2.65. The molecule has 5 heteroatoms. The third-order valence-corrected chi connectivity index (χ3v) is 2.69. The van der Waals surface area contributed by atoms with E-state index in [1.54, 1.807) is 6.20 Å². The number of rotatable bonds is 2. The molecular weight excluding hydrogens is 230 g/mol. The minimum absolute atomic E-state index is 0.116. The van der Waals surface area contributed by atoms with Crippen molar-refractivity contribution in [1.82, 2.24) is 14.6 Å². The molecule has 0 fully saturated rings. The summed E-state index contributed by atoms with van der Waals surface area (Å²) in [6.45, 7) is 0. The first-order valence-corrected chi connectivity index (χ1v) is 5.38. The molecule has 18 heavy (non-hydrogen) atoms. The predicted octanol–water partition coefficient (Wildman–Crippen LogP) is 2.09. The highest BCUT2D eigenvalue weighted by Gasteiger charge is 2.10. The summed E-state index contributed by atoms with van der Waals surface area (Å²) in [6.07, 6.45) is 4.48. The maximum atomic E-state index is 10.8. The van der Waals surface area contributed by atoms with E-state index in [9.17, 15) is 4.79 Å². The molecule has 88 valence electrons. The molecule has 3 rings (SSSR count). The van der Waals surface area contributed by atoms with Crippen molar-refractivity contribution < 1.29 is 9.90 Å². The van der Waals surface area contributed by atoms with Gasteiger partial charge in [0.2, 0.25) is 0 Å². The van der Waals surface area contributed by atoms with Gasteiger partial charge in [-0.05, 0) is 5.56 Å².